The van der Waals surface area contributed by atoms with Crippen LogP contribution in [-0.2, 0) is 26.0 Å². The van der Waals surface area contributed by atoms with Gasteiger partial charge in [-0.1, -0.05) is 37.3 Å². The van der Waals surface area contributed by atoms with Gasteiger partial charge in [0, 0.05) is 31.6 Å². The number of hydrogen-bond donors (Lipinski definition) is 1. The minimum absolute atomic E-state index is 0.0445. The summed E-state index contributed by atoms with van der Waals surface area (Å²) in [6.07, 6.45) is 2.64. The van der Waals surface area contributed by atoms with Crippen molar-refractivity contribution in [1.82, 2.24) is 10.2 Å². The van der Waals surface area contributed by atoms with Crippen molar-refractivity contribution in [1.29, 1.82) is 0 Å². The molecular formula is C28H39N3O6S. The number of carbonyl (C=O) groups excluding carboxylic acids is 2. The van der Waals surface area contributed by atoms with Gasteiger partial charge in [0.1, 0.15) is 19.3 Å². The van der Waals surface area contributed by atoms with E-state index < -0.39 is 16.1 Å². The lowest BCUT2D eigenvalue weighted by atomic mass is 10.1. The Bertz CT molecular complexity index is 1190. The number of carbonyl (C=O) groups is 2. The molecule has 0 radical (unpaired) electrons. The van der Waals surface area contributed by atoms with E-state index in [0.29, 0.717) is 56.2 Å². The number of hydrogen-bond acceptors (Lipinski definition) is 6. The lowest BCUT2D eigenvalue weighted by Crippen LogP contribution is -2.51. The van der Waals surface area contributed by atoms with Crippen LogP contribution < -0.4 is 19.1 Å². The van der Waals surface area contributed by atoms with Crippen LogP contribution in [-0.4, -0.2) is 69.8 Å². The van der Waals surface area contributed by atoms with Crippen LogP contribution in [0, 0.1) is 0 Å². The molecule has 0 bridgehead atoms. The highest BCUT2D eigenvalue weighted by Gasteiger charge is 2.29. The molecule has 208 valence electrons. The second-order valence-corrected chi connectivity index (χ2v) is 11.6. The molecule has 2 amide bonds. The van der Waals surface area contributed by atoms with E-state index in [4.69, 9.17) is 9.47 Å². The Kier molecular flexibility index (Phi) is 10.4. The van der Waals surface area contributed by atoms with Crippen LogP contribution in [0.15, 0.2) is 48.5 Å². The Morgan fingerprint density at radius 1 is 1.00 bits per heavy atom. The highest BCUT2D eigenvalue weighted by atomic mass is 32.2. The molecule has 9 nitrogen and oxygen atoms in total. The zero-order valence-corrected chi connectivity index (χ0v) is 23.5. The summed E-state index contributed by atoms with van der Waals surface area (Å²) >= 11 is 0. The van der Waals surface area contributed by atoms with Crippen molar-refractivity contribution in [2.45, 2.75) is 58.5 Å². The minimum atomic E-state index is -3.61. The van der Waals surface area contributed by atoms with Gasteiger partial charge in [-0.3, -0.25) is 13.9 Å². The van der Waals surface area contributed by atoms with Gasteiger partial charge in [-0.25, -0.2) is 8.42 Å². The summed E-state index contributed by atoms with van der Waals surface area (Å²) in [4.78, 5) is 28.0. The third-order valence-corrected chi connectivity index (χ3v) is 7.46. The molecular weight excluding hydrogens is 506 g/mol. The van der Waals surface area contributed by atoms with E-state index in [1.807, 2.05) is 51.1 Å². The maximum absolute atomic E-state index is 13.5. The zero-order chi connectivity index (χ0) is 27.7. The molecule has 1 unspecified atom stereocenters. The standard InChI is InChI=1S/C28H39N3O6S/c1-5-24(28(33)29-21(2)3)30(17-15-22-10-7-6-8-11-22)27(32)12-9-16-31(38(4,34)35)23-13-14-25-26(20-23)37-19-18-36-25/h6-8,10-11,13-14,20-21,24H,5,9,12,15-19H2,1-4H3,(H,29,33). The molecule has 2 aromatic carbocycles. The van der Waals surface area contributed by atoms with E-state index in [-0.39, 0.29) is 30.8 Å². The van der Waals surface area contributed by atoms with Crippen molar-refractivity contribution in [3.8, 4) is 11.5 Å². The Hall–Kier alpha value is -3.27. The fourth-order valence-electron chi connectivity index (χ4n) is 4.47. The molecule has 1 atom stereocenters. The summed E-state index contributed by atoms with van der Waals surface area (Å²) in [5.41, 5.74) is 1.53. The van der Waals surface area contributed by atoms with Crippen LogP contribution >= 0.6 is 0 Å². The summed E-state index contributed by atoms with van der Waals surface area (Å²) in [5, 5.41) is 2.93. The van der Waals surface area contributed by atoms with Gasteiger partial charge in [0.2, 0.25) is 21.8 Å². The number of fused-ring (bicyclic) bond motifs is 1. The molecule has 0 aliphatic carbocycles. The highest BCUT2D eigenvalue weighted by Crippen LogP contribution is 2.34. The molecule has 0 fully saturated rings. The van der Waals surface area contributed by atoms with Gasteiger partial charge in [-0.15, -0.1) is 0 Å². The van der Waals surface area contributed by atoms with Gasteiger partial charge in [0.15, 0.2) is 11.5 Å². The van der Waals surface area contributed by atoms with E-state index in [9.17, 15) is 18.0 Å². The predicted molar refractivity (Wildman–Crippen MR) is 148 cm³/mol. The molecule has 2 aromatic rings. The van der Waals surface area contributed by atoms with Crippen LogP contribution in [0.1, 0.15) is 45.6 Å². The number of anilines is 1. The second-order valence-electron chi connectivity index (χ2n) is 9.68. The fourth-order valence-corrected chi connectivity index (χ4v) is 5.42. The van der Waals surface area contributed by atoms with E-state index in [1.165, 1.54) is 4.31 Å². The second kappa shape index (κ2) is 13.5. The molecule has 0 aromatic heterocycles. The average molecular weight is 546 g/mol. The molecule has 3 rings (SSSR count). The Morgan fingerprint density at radius 2 is 1.68 bits per heavy atom. The largest absolute Gasteiger partial charge is 0.486 e. The van der Waals surface area contributed by atoms with Crippen molar-refractivity contribution >= 4 is 27.5 Å². The molecule has 0 saturated heterocycles. The number of nitrogens with one attached hydrogen (secondary N) is 1. The summed E-state index contributed by atoms with van der Waals surface area (Å²) in [5.74, 6) is 0.704. The maximum Gasteiger partial charge on any atom is 0.242 e. The number of nitrogens with zero attached hydrogens (tertiary/aromatic N) is 2. The van der Waals surface area contributed by atoms with Crippen molar-refractivity contribution in [2.75, 3.05) is 36.9 Å². The molecule has 0 spiro atoms. The molecule has 0 saturated carbocycles. The van der Waals surface area contributed by atoms with E-state index in [2.05, 4.69) is 5.32 Å². The number of sulfonamides is 1. The predicted octanol–water partition coefficient (Wildman–Crippen LogP) is 3.38. The van der Waals surface area contributed by atoms with Gasteiger partial charge in [-0.05, 0) is 50.8 Å². The smallest absolute Gasteiger partial charge is 0.242 e. The third kappa shape index (κ3) is 8.11. The molecule has 10 heteroatoms. The van der Waals surface area contributed by atoms with Crippen LogP contribution in [0.3, 0.4) is 0 Å². The monoisotopic (exact) mass is 545 g/mol. The van der Waals surface area contributed by atoms with Crippen molar-refractivity contribution in [2.24, 2.45) is 0 Å². The van der Waals surface area contributed by atoms with Crippen LogP contribution in [0.4, 0.5) is 5.69 Å². The summed E-state index contributed by atoms with van der Waals surface area (Å²) in [6.45, 7) is 7.01. The van der Waals surface area contributed by atoms with Gasteiger partial charge in [-0.2, -0.15) is 0 Å². The van der Waals surface area contributed by atoms with Crippen molar-refractivity contribution in [3.63, 3.8) is 0 Å². The third-order valence-electron chi connectivity index (χ3n) is 6.27. The van der Waals surface area contributed by atoms with Gasteiger partial charge in [0.25, 0.3) is 0 Å². The summed E-state index contributed by atoms with van der Waals surface area (Å²) in [6, 6.07) is 14.2. The Morgan fingerprint density at radius 3 is 2.32 bits per heavy atom. The number of ether oxygens (including phenoxy) is 2. The van der Waals surface area contributed by atoms with Crippen molar-refractivity contribution in [3.05, 3.63) is 54.1 Å². The van der Waals surface area contributed by atoms with Gasteiger partial charge in [0.05, 0.1) is 11.9 Å². The van der Waals surface area contributed by atoms with Gasteiger partial charge >= 0.3 is 0 Å². The first-order chi connectivity index (χ1) is 18.1. The molecule has 38 heavy (non-hydrogen) atoms. The van der Waals surface area contributed by atoms with Crippen LogP contribution in [0.5, 0.6) is 11.5 Å². The molecule has 1 N–H and O–H groups in total. The Labute approximate surface area is 226 Å². The molecule has 1 heterocycles. The first kappa shape index (κ1) is 29.3. The molecule has 1 aliphatic heterocycles. The highest BCUT2D eigenvalue weighted by molar-refractivity contribution is 7.92. The molecule has 1 aliphatic rings. The van der Waals surface area contributed by atoms with E-state index in [1.54, 1.807) is 23.1 Å². The van der Waals surface area contributed by atoms with E-state index in [0.717, 1.165) is 11.8 Å². The lowest BCUT2D eigenvalue weighted by Gasteiger charge is -2.31. The SMILES string of the molecule is CCC(C(=O)NC(C)C)N(CCc1ccccc1)C(=O)CCCN(c1ccc2c(c1)OCCO2)S(C)(=O)=O. The normalized spacial score (nSPS) is 13.6. The minimum Gasteiger partial charge on any atom is -0.486 e. The van der Waals surface area contributed by atoms with Crippen LogP contribution in [0.25, 0.3) is 0 Å². The maximum atomic E-state index is 13.5. The lowest BCUT2D eigenvalue weighted by molar-refractivity contribution is -0.141. The summed E-state index contributed by atoms with van der Waals surface area (Å²) in [7, 11) is -3.61. The Balaban J connectivity index is 1.72. The topological polar surface area (TPSA) is 105 Å². The first-order valence-electron chi connectivity index (χ1n) is 13.1. The zero-order valence-electron chi connectivity index (χ0n) is 22.7. The first-order valence-corrected chi connectivity index (χ1v) is 15.0. The average Bonchev–Trinajstić information content (AvgIpc) is 2.88. The number of amides is 2. The van der Waals surface area contributed by atoms with Gasteiger partial charge < -0.3 is 19.7 Å². The van der Waals surface area contributed by atoms with Crippen LogP contribution in [0.2, 0.25) is 0 Å². The van der Waals surface area contributed by atoms with E-state index >= 15 is 0 Å². The fraction of sp³-hybridized carbons (Fsp3) is 0.500. The number of rotatable bonds is 13. The van der Waals surface area contributed by atoms with Crippen molar-refractivity contribution < 1.29 is 27.5 Å². The quantitative estimate of drug-likeness (QED) is 0.414. The summed E-state index contributed by atoms with van der Waals surface area (Å²) < 4.78 is 37.7. The number of benzene rings is 2.